The van der Waals surface area contributed by atoms with Gasteiger partial charge in [-0.05, 0) is 96.3 Å². The minimum Gasteiger partial charge on any atom is -0.355 e. The molecule has 0 atom stereocenters. The van der Waals surface area contributed by atoms with Gasteiger partial charge in [0.15, 0.2) is 0 Å². The lowest BCUT2D eigenvalue weighted by atomic mass is 9.96. The highest BCUT2D eigenvalue weighted by Crippen LogP contribution is 2.39. The van der Waals surface area contributed by atoms with Crippen LogP contribution >= 0.6 is 0 Å². The fourth-order valence-corrected chi connectivity index (χ4v) is 5.16. The van der Waals surface area contributed by atoms with Gasteiger partial charge < -0.3 is 5.32 Å². The summed E-state index contributed by atoms with van der Waals surface area (Å²) in [4.78, 5) is 7.10. The Balaban J connectivity index is 1.25. The largest absolute Gasteiger partial charge is 0.355 e. The number of aromatic nitrogens is 1. The van der Waals surface area contributed by atoms with Crippen molar-refractivity contribution in [3.8, 4) is 0 Å². The number of nitrogens with zero attached hydrogens (tertiary/aromatic N) is 2. The van der Waals surface area contributed by atoms with Crippen LogP contribution in [0.5, 0.6) is 0 Å². The summed E-state index contributed by atoms with van der Waals surface area (Å²) in [5.41, 5.74) is 13.5. The lowest BCUT2D eigenvalue weighted by Gasteiger charge is -2.31. The number of hydrogen-bond donors (Lipinski definition) is 1. The molecule has 2 heterocycles. The van der Waals surface area contributed by atoms with Crippen molar-refractivity contribution in [2.75, 3.05) is 11.9 Å². The Morgan fingerprint density at radius 2 is 1.79 bits per heavy atom. The third-order valence-corrected chi connectivity index (χ3v) is 7.39. The molecule has 170 valence electrons. The van der Waals surface area contributed by atoms with Crippen molar-refractivity contribution in [1.82, 2.24) is 9.88 Å². The maximum Gasteiger partial charge on any atom is 0.0705 e. The van der Waals surface area contributed by atoms with E-state index < -0.39 is 0 Å². The summed E-state index contributed by atoms with van der Waals surface area (Å²) in [7, 11) is 0. The topological polar surface area (TPSA) is 28.2 Å². The molecule has 4 aromatic rings. The van der Waals surface area contributed by atoms with Crippen LogP contribution < -0.4 is 5.32 Å². The van der Waals surface area contributed by atoms with Gasteiger partial charge in [-0.25, -0.2) is 0 Å². The zero-order valence-electron chi connectivity index (χ0n) is 20.1. The smallest absolute Gasteiger partial charge is 0.0705 e. The van der Waals surface area contributed by atoms with Gasteiger partial charge in [0.05, 0.1) is 5.52 Å². The van der Waals surface area contributed by atoms with Gasteiger partial charge >= 0.3 is 0 Å². The fraction of sp³-hybridized carbons (Fsp3) is 0.258. The standard InChI is InChI=1S/C31H31N3/c1-21-10-11-24(18-22(21)2)31(23-12-13-23)33-30-9-5-6-25-19-34(17-15-28(25)30)20-26-14-16-32-29-8-4-3-7-27(26)29/h3-11,14,16,18,33H,12-13,15,17,19-20H2,1-2H3. The van der Waals surface area contributed by atoms with Crippen molar-refractivity contribution < 1.29 is 0 Å². The molecule has 6 rings (SSSR count). The number of pyridine rings is 1. The predicted octanol–water partition coefficient (Wildman–Crippen LogP) is 7.03. The number of fused-ring (bicyclic) bond motifs is 2. The van der Waals surface area contributed by atoms with Gasteiger partial charge in [0.1, 0.15) is 0 Å². The maximum atomic E-state index is 4.53. The van der Waals surface area contributed by atoms with Crippen LogP contribution in [0.4, 0.5) is 5.69 Å². The van der Waals surface area contributed by atoms with Crippen LogP contribution in [0.15, 0.2) is 78.5 Å². The Morgan fingerprint density at radius 3 is 2.65 bits per heavy atom. The minimum atomic E-state index is 0.956. The van der Waals surface area contributed by atoms with Gasteiger partial charge in [-0.3, -0.25) is 9.88 Å². The average molecular weight is 446 g/mol. The molecule has 0 bridgehead atoms. The molecule has 0 spiro atoms. The second-order valence-electron chi connectivity index (χ2n) is 9.79. The molecule has 1 N–H and O–H groups in total. The number of para-hydroxylation sites is 1. The summed E-state index contributed by atoms with van der Waals surface area (Å²) in [6.07, 6.45) is 5.42. The van der Waals surface area contributed by atoms with Crippen LogP contribution in [-0.2, 0) is 19.5 Å². The average Bonchev–Trinajstić information content (AvgIpc) is 3.70. The molecule has 3 heteroatoms. The van der Waals surface area contributed by atoms with E-state index in [9.17, 15) is 0 Å². The van der Waals surface area contributed by atoms with Crippen LogP contribution in [0, 0.1) is 13.8 Å². The van der Waals surface area contributed by atoms with E-state index in [-0.39, 0.29) is 0 Å². The first kappa shape index (κ1) is 21.1. The predicted molar refractivity (Wildman–Crippen MR) is 142 cm³/mol. The van der Waals surface area contributed by atoms with Gasteiger partial charge in [-0.1, -0.05) is 42.5 Å². The molecule has 0 saturated heterocycles. The van der Waals surface area contributed by atoms with Gasteiger partial charge in [-0.15, -0.1) is 0 Å². The van der Waals surface area contributed by atoms with E-state index in [4.69, 9.17) is 0 Å². The first-order chi connectivity index (χ1) is 16.7. The number of nitrogens with one attached hydrogen (secondary N) is 1. The maximum absolute atomic E-state index is 4.53. The number of anilines is 1. The van der Waals surface area contributed by atoms with Crippen LogP contribution in [-0.4, -0.2) is 16.4 Å². The van der Waals surface area contributed by atoms with E-state index in [0.717, 1.165) is 31.6 Å². The molecule has 3 nitrogen and oxygen atoms in total. The third kappa shape index (κ3) is 4.12. The molecule has 2 aliphatic rings. The van der Waals surface area contributed by atoms with E-state index in [1.54, 1.807) is 5.57 Å². The first-order valence-corrected chi connectivity index (χ1v) is 12.4. The van der Waals surface area contributed by atoms with Gasteiger partial charge in [0.2, 0.25) is 0 Å². The molecule has 1 aromatic heterocycles. The van der Waals surface area contributed by atoms with Crippen LogP contribution in [0.2, 0.25) is 0 Å². The normalized spacial score (nSPS) is 15.3. The Morgan fingerprint density at radius 1 is 0.912 bits per heavy atom. The quantitative estimate of drug-likeness (QED) is 0.357. The van der Waals surface area contributed by atoms with Crippen molar-refractivity contribution in [3.05, 3.63) is 112 Å². The summed E-state index contributed by atoms with van der Waals surface area (Å²) in [5.74, 6) is 0. The molecule has 1 fully saturated rings. The van der Waals surface area contributed by atoms with Crippen LogP contribution in [0.3, 0.4) is 0 Å². The van der Waals surface area contributed by atoms with Gasteiger partial charge in [0, 0.05) is 42.6 Å². The van der Waals surface area contributed by atoms with Crippen molar-refractivity contribution in [1.29, 1.82) is 0 Å². The summed E-state index contributed by atoms with van der Waals surface area (Å²) in [5, 5.41) is 5.14. The van der Waals surface area contributed by atoms with E-state index >= 15 is 0 Å². The van der Waals surface area contributed by atoms with Crippen LogP contribution in [0.1, 0.15) is 46.2 Å². The number of allylic oxidation sites excluding steroid dienone is 1. The highest BCUT2D eigenvalue weighted by atomic mass is 15.1. The SMILES string of the molecule is Cc1ccc(C(Nc2cccc3c2CCN(Cc2ccnc4ccccc24)C3)=C2CC2)cc1C. The summed E-state index contributed by atoms with van der Waals surface area (Å²) in [6, 6.07) is 24.3. The monoisotopic (exact) mass is 445 g/mol. The van der Waals surface area contributed by atoms with E-state index in [0.29, 0.717) is 0 Å². The molecule has 0 radical (unpaired) electrons. The molecular formula is C31H31N3. The molecular weight excluding hydrogens is 414 g/mol. The van der Waals surface area contributed by atoms with Crippen molar-refractivity contribution in [2.45, 2.75) is 46.2 Å². The van der Waals surface area contributed by atoms with Crippen LogP contribution in [0.25, 0.3) is 16.6 Å². The molecule has 1 aliphatic carbocycles. The van der Waals surface area contributed by atoms with Gasteiger partial charge in [0.25, 0.3) is 0 Å². The number of benzene rings is 3. The molecule has 1 saturated carbocycles. The van der Waals surface area contributed by atoms with E-state index in [1.165, 1.54) is 63.0 Å². The van der Waals surface area contributed by atoms with E-state index in [1.807, 2.05) is 6.20 Å². The summed E-state index contributed by atoms with van der Waals surface area (Å²) in [6.45, 7) is 7.40. The molecule has 3 aromatic carbocycles. The fourth-order valence-electron chi connectivity index (χ4n) is 5.16. The minimum absolute atomic E-state index is 0.956. The lowest BCUT2D eigenvalue weighted by Crippen LogP contribution is -2.30. The summed E-state index contributed by atoms with van der Waals surface area (Å²) >= 11 is 0. The van der Waals surface area contributed by atoms with Gasteiger partial charge in [-0.2, -0.15) is 0 Å². The second-order valence-corrected chi connectivity index (χ2v) is 9.79. The molecule has 34 heavy (non-hydrogen) atoms. The third-order valence-electron chi connectivity index (χ3n) is 7.39. The highest BCUT2D eigenvalue weighted by molar-refractivity contribution is 5.83. The van der Waals surface area contributed by atoms with E-state index in [2.05, 4.69) is 95.8 Å². The van der Waals surface area contributed by atoms with Crippen molar-refractivity contribution in [3.63, 3.8) is 0 Å². The first-order valence-electron chi connectivity index (χ1n) is 12.4. The molecule has 0 unspecified atom stereocenters. The number of aryl methyl sites for hydroxylation is 2. The zero-order valence-corrected chi connectivity index (χ0v) is 20.1. The highest BCUT2D eigenvalue weighted by Gasteiger charge is 2.23. The Bertz CT molecular complexity index is 1400. The summed E-state index contributed by atoms with van der Waals surface area (Å²) < 4.78 is 0. The Kier molecular flexibility index (Phi) is 5.43. The zero-order chi connectivity index (χ0) is 23.1. The van der Waals surface area contributed by atoms with Crippen molar-refractivity contribution >= 4 is 22.3 Å². The number of hydrogen-bond acceptors (Lipinski definition) is 3. The molecule has 0 amide bonds. The second kappa shape index (κ2) is 8.73. The Labute approximate surface area is 202 Å². The lowest BCUT2D eigenvalue weighted by molar-refractivity contribution is 0.247. The molecule has 1 aliphatic heterocycles. The Hall–Kier alpha value is -3.43. The van der Waals surface area contributed by atoms with Crippen molar-refractivity contribution in [2.24, 2.45) is 0 Å². The number of rotatable bonds is 5.